The maximum absolute atomic E-state index is 13.4. The van der Waals surface area contributed by atoms with Gasteiger partial charge in [-0.05, 0) is 62.0 Å². The molecule has 0 spiro atoms. The first-order valence-corrected chi connectivity index (χ1v) is 12.8. The molecular formula is C26H40N6O4. The fourth-order valence-corrected chi connectivity index (χ4v) is 5.85. The van der Waals surface area contributed by atoms with Crippen LogP contribution in [0.15, 0.2) is 29.5 Å². The molecule has 3 heterocycles. The number of nitrogens with zero attached hydrogens (tertiary/aromatic N) is 2. The highest BCUT2D eigenvalue weighted by molar-refractivity contribution is 5.82. The molecule has 5 unspecified atom stereocenters. The van der Waals surface area contributed by atoms with E-state index in [9.17, 15) is 9.59 Å². The number of carbonyl (C=O) groups is 1. The number of amides is 1. The summed E-state index contributed by atoms with van der Waals surface area (Å²) in [4.78, 5) is 28.0. The summed E-state index contributed by atoms with van der Waals surface area (Å²) in [5, 5.41) is 15.1. The number of aryl methyl sites for hydroxylation is 2. The van der Waals surface area contributed by atoms with Crippen molar-refractivity contribution in [3.8, 4) is 0 Å². The highest BCUT2D eigenvalue weighted by Gasteiger charge is 2.35. The third-order valence-corrected chi connectivity index (χ3v) is 7.89. The third kappa shape index (κ3) is 6.16. The van der Waals surface area contributed by atoms with E-state index >= 15 is 0 Å². The molecule has 4 rings (SSSR count). The van der Waals surface area contributed by atoms with Crippen molar-refractivity contribution in [1.82, 2.24) is 24.8 Å². The Morgan fingerprint density at radius 3 is 2.44 bits per heavy atom. The molecule has 36 heavy (non-hydrogen) atoms. The van der Waals surface area contributed by atoms with Crippen LogP contribution in [0.25, 0.3) is 0 Å². The summed E-state index contributed by atoms with van der Waals surface area (Å²) in [6.45, 7) is 3.19. The van der Waals surface area contributed by atoms with E-state index < -0.39 is 0 Å². The first-order valence-electron chi connectivity index (χ1n) is 12.8. The van der Waals surface area contributed by atoms with Gasteiger partial charge < -0.3 is 28.9 Å². The number of hydrogen-bond acceptors (Lipinski definition) is 6. The quantitative estimate of drug-likeness (QED) is 0.435. The molecule has 1 aliphatic carbocycles. The average Bonchev–Trinajstić information content (AvgIpc) is 3.18. The Balaban J connectivity index is 1.47. The summed E-state index contributed by atoms with van der Waals surface area (Å²) < 4.78 is 14.9. The van der Waals surface area contributed by atoms with Crippen molar-refractivity contribution < 1.29 is 14.3 Å². The van der Waals surface area contributed by atoms with E-state index in [0.29, 0.717) is 31.0 Å². The number of hydrogen-bond donors (Lipinski definition) is 4. The van der Waals surface area contributed by atoms with Crippen LogP contribution in [0.3, 0.4) is 0 Å². The zero-order valence-corrected chi connectivity index (χ0v) is 21.8. The molecule has 10 heteroatoms. The van der Waals surface area contributed by atoms with Crippen LogP contribution >= 0.6 is 0 Å². The predicted molar refractivity (Wildman–Crippen MR) is 135 cm³/mol. The van der Waals surface area contributed by atoms with Crippen molar-refractivity contribution in [2.75, 3.05) is 20.8 Å². The lowest BCUT2D eigenvalue weighted by molar-refractivity contribution is -0.125. The molecule has 1 saturated carbocycles. The smallest absolute Gasteiger partial charge is 0.248 e. The van der Waals surface area contributed by atoms with Gasteiger partial charge in [0.15, 0.2) is 0 Å². The lowest BCUT2D eigenvalue weighted by atomic mass is 9.83. The minimum absolute atomic E-state index is 0.00977. The Labute approximate surface area is 211 Å². The summed E-state index contributed by atoms with van der Waals surface area (Å²) in [7, 11) is 5.32. The third-order valence-electron chi connectivity index (χ3n) is 7.89. The zero-order chi connectivity index (χ0) is 25.8. The summed E-state index contributed by atoms with van der Waals surface area (Å²) in [6, 6.07) is 1.17. The summed E-state index contributed by atoms with van der Waals surface area (Å²) in [5.41, 5.74) is 2.21. The molecule has 0 radical (unpaired) electrons. The molecule has 2 aliphatic rings. The SMILES string of the molecule is COC1CC(CNC(=O)C2CC(Cn3ccn(C)c3=N)CC(c3c[nH]c(=O)cc3C)N2)CC(OC)C1. The molecule has 5 atom stereocenters. The standard InChI is InChI=1S/C26H40N6O4/c1-16-7-24(33)28-14-21(16)22-10-18(15-32-6-5-31(2)26(32)27)11-23(30-22)25(34)29-13-17-8-19(35-3)12-20(9-17)36-4/h5-7,14,17-20,22-23,27,30H,8-13,15H2,1-4H3,(H,28,33)(H,29,34). The Morgan fingerprint density at radius 1 is 1.11 bits per heavy atom. The first kappa shape index (κ1) is 26.4. The van der Waals surface area contributed by atoms with Crippen molar-refractivity contribution in [2.24, 2.45) is 18.9 Å². The topological polar surface area (TPSA) is 126 Å². The second-order valence-electron chi connectivity index (χ2n) is 10.5. The zero-order valence-electron chi connectivity index (χ0n) is 21.8. The average molecular weight is 501 g/mol. The van der Waals surface area contributed by atoms with Crippen LogP contribution in [0.1, 0.15) is 49.3 Å². The van der Waals surface area contributed by atoms with Crippen LogP contribution in [0, 0.1) is 24.2 Å². The van der Waals surface area contributed by atoms with Crippen molar-refractivity contribution in [1.29, 1.82) is 5.41 Å². The van der Waals surface area contributed by atoms with Crippen molar-refractivity contribution >= 4 is 5.91 Å². The van der Waals surface area contributed by atoms with E-state index in [-0.39, 0.29) is 41.7 Å². The van der Waals surface area contributed by atoms with Gasteiger partial charge in [-0.3, -0.25) is 20.3 Å². The van der Waals surface area contributed by atoms with E-state index in [1.54, 1.807) is 31.0 Å². The lowest BCUT2D eigenvalue weighted by Gasteiger charge is -2.37. The van der Waals surface area contributed by atoms with Crippen LogP contribution in [0.4, 0.5) is 0 Å². The van der Waals surface area contributed by atoms with Crippen LogP contribution in [-0.4, -0.2) is 59.0 Å². The Bertz CT molecular complexity index is 1140. The molecule has 2 aromatic heterocycles. The fraction of sp³-hybridized carbons (Fsp3) is 0.654. The van der Waals surface area contributed by atoms with Gasteiger partial charge in [0.05, 0.1) is 18.2 Å². The number of aromatic nitrogens is 3. The monoisotopic (exact) mass is 500 g/mol. The number of methoxy groups -OCH3 is 2. The van der Waals surface area contributed by atoms with E-state index in [0.717, 1.165) is 36.8 Å². The number of imidazole rings is 1. The number of pyridine rings is 1. The second kappa shape index (κ2) is 11.6. The minimum Gasteiger partial charge on any atom is -0.381 e. The van der Waals surface area contributed by atoms with Crippen molar-refractivity contribution in [3.05, 3.63) is 51.8 Å². The predicted octanol–water partition coefficient (Wildman–Crippen LogP) is 1.36. The molecule has 2 aromatic rings. The normalized spacial score (nSPS) is 28.7. The largest absolute Gasteiger partial charge is 0.381 e. The van der Waals surface area contributed by atoms with Gasteiger partial charge in [-0.15, -0.1) is 0 Å². The van der Waals surface area contributed by atoms with Crippen LogP contribution < -0.4 is 21.8 Å². The van der Waals surface area contributed by atoms with Crippen LogP contribution in [0.5, 0.6) is 0 Å². The van der Waals surface area contributed by atoms with Gasteiger partial charge in [-0.25, -0.2) is 0 Å². The van der Waals surface area contributed by atoms with E-state index in [4.69, 9.17) is 14.9 Å². The fourth-order valence-electron chi connectivity index (χ4n) is 5.85. The number of aromatic amines is 1. The van der Waals surface area contributed by atoms with Gasteiger partial charge in [0.2, 0.25) is 17.1 Å². The van der Waals surface area contributed by atoms with Gasteiger partial charge >= 0.3 is 0 Å². The van der Waals surface area contributed by atoms with E-state index in [1.165, 1.54) is 0 Å². The summed E-state index contributed by atoms with van der Waals surface area (Å²) in [5.74, 6) is 0.490. The molecule has 1 amide bonds. The number of nitrogens with one attached hydrogen (secondary N) is 4. The lowest BCUT2D eigenvalue weighted by Crippen LogP contribution is -2.52. The summed E-state index contributed by atoms with van der Waals surface area (Å²) in [6.07, 6.45) is 10.1. The van der Waals surface area contributed by atoms with Crippen molar-refractivity contribution in [2.45, 2.75) is 69.9 Å². The highest BCUT2D eigenvalue weighted by Crippen LogP contribution is 2.32. The summed E-state index contributed by atoms with van der Waals surface area (Å²) >= 11 is 0. The van der Waals surface area contributed by atoms with Crippen LogP contribution in [-0.2, 0) is 27.9 Å². The molecular weight excluding hydrogens is 460 g/mol. The molecule has 1 saturated heterocycles. The molecule has 0 bridgehead atoms. The highest BCUT2D eigenvalue weighted by atomic mass is 16.5. The van der Waals surface area contributed by atoms with Gasteiger partial charge in [0.25, 0.3) is 0 Å². The van der Waals surface area contributed by atoms with Gasteiger partial charge in [-0.2, -0.15) is 0 Å². The molecule has 198 valence electrons. The van der Waals surface area contributed by atoms with Gasteiger partial charge in [-0.1, -0.05) is 0 Å². The maximum Gasteiger partial charge on any atom is 0.248 e. The number of ether oxygens (including phenoxy) is 2. The molecule has 1 aliphatic heterocycles. The van der Waals surface area contributed by atoms with Gasteiger partial charge in [0, 0.05) is 65.1 Å². The van der Waals surface area contributed by atoms with E-state index in [2.05, 4.69) is 15.6 Å². The molecule has 10 nitrogen and oxygen atoms in total. The van der Waals surface area contributed by atoms with Crippen LogP contribution in [0.2, 0.25) is 0 Å². The molecule has 0 aromatic carbocycles. The number of carbonyl (C=O) groups excluding carboxylic acids is 1. The van der Waals surface area contributed by atoms with E-state index in [1.807, 2.05) is 30.9 Å². The number of H-pyrrole nitrogens is 1. The first-order chi connectivity index (χ1) is 17.3. The molecule has 2 fully saturated rings. The Morgan fingerprint density at radius 2 is 1.83 bits per heavy atom. The Kier molecular flexibility index (Phi) is 8.48. The number of piperidine rings is 1. The van der Waals surface area contributed by atoms with Gasteiger partial charge in [0.1, 0.15) is 0 Å². The number of rotatable bonds is 8. The molecule has 4 N–H and O–H groups in total. The maximum atomic E-state index is 13.4. The Hall–Kier alpha value is -2.69. The van der Waals surface area contributed by atoms with Crippen molar-refractivity contribution in [3.63, 3.8) is 0 Å². The minimum atomic E-state index is -0.362. The second-order valence-corrected chi connectivity index (χ2v) is 10.5.